The topological polar surface area (TPSA) is 157 Å². The molecule has 1 amide bonds. The molecule has 0 rings (SSSR count). The Kier molecular flexibility index (Phi) is 5.40. The van der Waals surface area contributed by atoms with Crippen molar-refractivity contribution in [1.82, 2.24) is 5.32 Å². The van der Waals surface area contributed by atoms with Crippen molar-refractivity contribution in [1.29, 1.82) is 0 Å². The van der Waals surface area contributed by atoms with Gasteiger partial charge in [0.1, 0.15) is 5.60 Å². The van der Waals surface area contributed by atoms with Crippen LogP contribution in [0.5, 0.6) is 0 Å². The molecule has 0 fully saturated rings. The minimum atomic E-state index is -2.75. The van der Waals surface area contributed by atoms with E-state index in [1.54, 1.807) is 0 Å². The van der Waals surface area contributed by atoms with Gasteiger partial charge < -0.3 is 36.0 Å². The van der Waals surface area contributed by atoms with Crippen LogP contribution in [0.25, 0.3) is 0 Å². The number of hydrogen-bond acceptors (Lipinski definition) is 6. The largest absolute Gasteiger partial charge is 0.550 e. The number of aliphatic carboxylic acids is 2. The van der Waals surface area contributed by atoms with Crippen molar-refractivity contribution < 1.29 is 35.4 Å². The van der Waals surface area contributed by atoms with E-state index in [-0.39, 0.29) is 6.54 Å². The van der Waals surface area contributed by atoms with E-state index in [1.807, 2.05) is 0 Å². The minimum absolute atomic E-state index is 0.202. The quantitative estimate of drug-likeness (QED) is 0.397. The van der Waals surface area contributed by atoms with Gasteiger partial charge >= 0.3 is 0 Å². The van der Waals surface area contributed by atoms with Crippen molar-refractivity contribution in [2.45, 2.75) is 18.4 Å². The first kappa shape index (κ1) is 14.3. The second kappa shape index (κ2) is 6.03. The van der Waals surface area contributed by atoms with Gasteiger partial charge in [0.05, 0.1) is 25.5 Å². The zero-order chi connectivity index (χ0) is 12.8. The van der Waals surface area contributed by atoms with Crippen LogP contribution in [0.4, 0.5) is 0 Å². The lowest BCUT2D eigenvalue weighted by molar-refractivity contribution is -0.364. The third-order valence-corrected chi connectivity index (χ3v) is 1.77. The number of hydrogen-bond donors (Lipinski definition) is 3. The normalized spacial score (nSPS) is 13.9. The number of carbonyl (C=O) groups excluding carboxylic acids is 3. The first-order valence-electron chi connectivity index (χ1n) is 4.51. The van der Waals surface area contributed by atoms with Crippen LogP contribution in [0.3, 0.4) is 0 Å². The number of quaternary nitrogens is 1. The molecule has 16 heavy (non-hydrogen) atoms. The summed E-state index contributed by atoms with van der Waals surface area (Å²) in [5.74, 6) is -4.60. The average molecular weight is 233 g/mol. The minimum Gasteiger partial charge on any atom is -0.550 e. The number of carbonyl (C=O) groups is 3. The van der Waals surface area contributed by atoms with E-state index in [0.717, 1.165) is 0 Å². The molecule has 0 aliphatic carbocycles. The second-order valence-corrected chi connectivity index (χ2v) is 3.25. The molecule has 92 valence electrons. The monoisotopic (exact) mass is 233 g/mol. The zero-order valence-electron chi connectivity index (χ0n) is 8.52. The fourth-order valence-corrected chi connectivity index (χ4v) is 1.00. The van der Waals surface area contributed by atoms with Gasteiger partial charge in [0.15, 0.2) is 0 Å². The summed E-state index contributed by atoms with van der Waals surface area (Å²) in [5, 5.41) is 32.4. The van der Waals surface area contributed by atoms with Crippen LogP contribution >= 0.6 is 0 Å². The van der Waals surface area contributed by atoms with Crippen molar-refractivity contribution in [3.63, 3.8) is 0 Å². The number of amides is 1. The molecule has 0 saturated heterocycles. The van der Waals surface area contributed by atoms with E-state index < -0.39 is 36.3 Å². The lowest BCUT2D eigenvalue weighted by atomic mass is 9.95. The summed E-state index contributed by atoms with van der Waals surface area (Å²) in [4.78, 5) is 31.8. The summed E-state index contributed by atoms with van der Waals surface area (Å²) in [6.07, 6.45) is -2.10. The molecule has 8 nitrogen and oxygen atoms in total. The van der Waals surface area contributed by atoms with Crippen LogP contribution in [-0.4, -0.2) is 41.6 Å². The third kappa shape index (κ3) is 4.71. The molecular weight excluding hydrogens is 220 g/mol. The number of aliphatic hydroxyl groups is 1. The highest BCUT2D eigenvalue weighted by atomic mass is 16.4. The summed E-state index contributed by atoms with van der Waals surface area (Å²) in [6, 6.07) is 0. The van der Waals surface area contributed by atoms with Crippen LogP contribution in [0.15, 0.2) is 0 Å². The third-order valence-electron chi connectivity index (χ3n) is 1.77. The summed E-state index contributed by atoms with van der Waals surface area (Å²) < 4.78 is 0. The van der Waals surface area contributed by atoms with Gasteiger partial charge in [-0.05, 0) is 0 Å². The van der Waals surface area contributed by atoms with Crippen molar-refractivity contribution in [2.75, 3.05) is 13.1 Å². The van der Waals surface area contributed by atoms with Gasteiger partial charge in [-0.15, -0.1) is 0 Å². The Hall–Kier alpha value is -1.67. The highest BCUT2D eigenvalue weighted by Gasteiger charge is 2.31. The molecule has 5 N–H and O–H groups in total. The van der Waals surface area contributed by atoms with Crippen LogP contribution in [-0.2, 0) is 14.4 Å². The Bertz CT molecular complexity index is 292. The number of rotatable bonds is 7. The predicted octanol–water partition coefficient (Wildman–Crippen LogP) is -5.64. The zero-order valence-corrected chi connectivity index (χ0v) is 8.52. The maximum absolute atomic E-state index is 11.1. The average Bonchev–Trinajstić information content (AvgIpc) is 2.12. The summed E-state index contributed by atoms with van der Waals surface area (Å²) in [5.41, 5.74) is 0.682. The van der Waals surface area contributed by atoms with Crippen molar-refractivity contribution in [3.05, 3.63) is 0 Å². The van der Waals surface area contributed by atoms with Crippen molar-refractivity contribution in [3.8, 4) is 0 Å². The van der Waals surface area contributed by atoms with Crippen LogP contribution in [0, 0.1) is 0 Å². The van der Waals surface area contributed by atoms with Gasteiger partial charge in [-0.2, -0.15) is 0 Å². The lowest BCUT2D eigenvalue weighted by Crippen LogP contribution is -2.56. The number of carboxylic acid groups (broad SMARTS) is 2. The first-order chi connectivity index (χ1) is 7.31. The smallest absolute Gasteiger partial charge is 0.223 e. The van der Waals surface area contributed by atoms with Crippen molar-refractivity contribution in [2.24, 2.45) is 0 Å². The maximum atomic E-state index is 11.1. The molecule has 1 atom stereocenters. The van der Waals surface area contributed by atoms with Crippen LogP contribution in [0.1, 0.15) is 12.8 Å². The molecule has 0 saturated carbocycles. The Balaban J connectivity index is 4.49. The molecule has 0 aromatic rings. The second-order valence-electron chi connectivity index (χ2n) is 3.25. The van der Waals surface area contributed by atoms with Gasteiger partial charge in [0.25, 0.3) is 0 Å². The fourth-order valence-electron chi connectivity index (χ4n) is 1.00. The van der Waals surface area contributed by atoms with Gasteiger partial charge in [-0.25, -0.2) is 0 Å². The van der Waals surface area contributed by atoms with Gasteiger partial charge in [0.2, 0.25) is 5.91 Å². The molecule has 0 unspecified atom stereocenters. The Labute approximate surface area is 91.1 Å². The van der Waals surface area contributed by atoms with E-state index in [4.69, 9.17) is 0 Å². The molecule has 0 aromatic carbocycles. The molecule has 0 aliphatic rings. The Morgan fingerprint density at radius 3 is 2.19 bits per heavy atom. The lowest BCUT2D eigenvalue weighted by Gasteiger charge is -2.28. The van der Waals surface area contributed by atoms with Gasteiger partial charge in [0, 0.05) is 12.4 Å². The molecule has 0 aromatic heterocycles. The van der Waals surface area contributed by atoms with Crippen LogP contribution in [0.2, 0.25) is 0 Å². The van der Waals surface area contributed by atoms with E-state index in [1.165, 1.54) is 0 Å². The molecule has 0 spiro atoms. The highest BCUT2D eigenvalue weighted by Crippen LogP contribution is 2.13. The standard InChI is InChI=1S/C8H14N2O6/c9-1-2-10-5(11)3-8(16,7(14)15)4-6(12)13/h16H,1-4,9H2,(H,10,11)(H,12,13)(H,14,15)/p-1/t8-/m0/s1. The first-order valence-corrected chi connectivity index (χ1v) is 4.51. The summed E-state index contributed by atoms with van der Waals surface area (Å²) in [7, 11) is 0. The number of carboxylic acids is 2. The predicted molar refractivity (Wildman–Crippen MR) is 45.0 cm³/mol. The molecule has 0 aliphatic heterocycles. The van der Waals surface area contributed by atoms with Gasteiger partial charge in [-0.3, -0.25) is 4.79 Å². The molecular formula is C8H13N2O6-. The van der Waals surface area contributed by atoms with E-state index in [0.29, 0.717) is 6.54 Å². The molecule has 0 radical (unpaired) electrons. The van der Waals surface area contributed by atoms with Crippen molar-refractivity contribution >= 4 is 17.8 Å². The molecule has 0 heterocycles. The maximum Gasteiger partial charge on any atom is 0.223 e. The van der Waals surface area contributed by atoms with Crippen LogP contribution < -0.4 is 21.3 Å². The van der Waals surface area contributed by atoms with Gasteiger partial charge in [-0.1, -0.05) is 0 Å². The molecule has 0 bridgehead atoms. The summed E-state index contributed by atoms with van der Waals surface area (Å²) >= 11 is 0. The Morgan fingerprint density at radius 1 is 1.25 bits per heavy atom. The highest BCUT2D eigenvalue weighted by molar-refractivity contribution is 5.88. The SMILES string of the molecule is [NH3+]CCNC(=O)C[C@](O)(CC(=O)[O-])C(=O)[O-]. The summed E-state index contributed by atoms with van der Waals surface area (Å²) in [6.45, 7) is 0.587. The number of nitrogens with one attached hydrogen (secondary N) is 1. The fraction of sp³-hybridized carbons (Fsp3) is 0.625. The van der Waals surface area contributed by atoms with E-state index in [9.17, 15) is 29.7 Å². The Morgan fingerprint density at radius 2 is 1.81 bits per heavy atom. The molecule has 8 heteroatoms. The van der Waals surface area contributed by atoms with E-state index >= 15 is 0 Å². The van der Waals surface area contributed by atoms with E-state index in [2.05, 4.69) is 11.1 Å².